The third-order valence-electron chi connectivity index (χ3n) is 3.91. The smallest absolute Gasteiger partial charge is 0.323 e. The Morgan fingerprint density at radius 1 is 1.50 bits per heavy atom. The molecule has 110 valence electrons. The van der Waals surface area contributed by atoms with Crippen molar-refractivity contribution in [3.8, 4) is 0 Å². The third-order valence-corrected chi connectivity index (χ3v) is 3.91. The zero-order valence-electron chi connectivity index (χ0n) is 12.2. The number of hydrogen-bond donors (Lipinski definition) is 1. The van der Waals surface area contributed by atoms with Crippen molar-refractivity contribution < 1.29 is 14.6 Å². The molecule has 2 atom stereocenters. The lowest BCUT2D eigenvalue weighted by Gasteiger charge is -2.39. The van der Waals surface area contributed by atoms with Crippen molar-refractivity contribution in [3.05, 3.63) is 35.4 Å². The Morgan fingerprint density at radius 2 is 2.25 bits per heavy atom. The number of fused-ring (bicyclic) bond motifs is 1. The maximum absolute atomic E-state index is 12.0. The molecule has 1 aliphatic heterocycles. The molecule has 1 aromatic carbocycles. The van der Waals surface area contributed by atoms with Gasteiger partial charge in [-0.1, -0.05) is 31.2 Å². The molecule has 20 heavy (non-hydrogen) atoms. The predicted octanol–water partition coefficient (Wildman–Crippen LogP) is 1.92. The second-order valence-corrected chi connectivity index (χ2v) is 5.23. The summed E-state index contributed by atoms with van der Waals surface area (Å²) in [6.45, 7) is 5.07. The van der Waals surface area contributed by atoms with Gasteiger partial charge in [-0.3, -0.25) is 9.69 Å². The van der Waals surface area contributed by atoms with Crippen LogP contribution in [0.2, 0.25) is 0 Å². The van der Waals surface area contributed by atoms with Gasteiger partial charge < -0.3 is 9.84 Å². The maximum atomic E-state index is 12.0. The highest BCUT2D eigenvalue weighted by atomic mass is 16.5. The van der Waals surface area contributed by atoms with Gasteiger partial charge in [0, 0.05) is 6.54 Å². The molecule has 1 aromatic rings. The van der Waals surface area contributed by atoms with Crippen molar-refractivity contribution in [3.63, 3.8) is 0 Å². The van der Waals surface area contributed by atoms with E-state index in [1.165, 1.54) is 5.56 Å². The van der Waals surface area contributed by atoms with Crippen molar-refractivity contribution in [2.45, 2.75) is 38.8 Å². The van der Waals surface area contributed by atoms with Gasteiger partial charge in [0.2, 0.25) is 0 Å². The number of esters is 1. The fourth-order valence-corrected chi connectivity index (χ4v) is 2.80. The van der Waals surface area contributed by atoms with Gasteiger partial charge in [0.1, 0.15) is 6.04 Å². The van der Waals surface area contributed by atoms with Gasteiger partial charge in [-0.05, 0) is 30.9 Å². The van der Waals surface area contributed by atoms with E-state index in [0.29, 0.717) is 6.61 Å². The maximum Gasteiger partial charge on any atom is 0.323 e. The summed E-state index contributed by atoms with van der Waals surface area (Å²) in [5.74, 6) is -0.204. The molecule has 2 unspecified atom stereocenters. The first-order chi connectivity index (χ1) is 9.69. The van der Waals surface area contributed by atoms with Crippen LogP contribution in [0.15, 0.2) is 24.3 Å². The fraction of sp³-hybridized carbons (Fsp3) is 0.562. The lowest BCUT2D eigenvalue weighted by molar-refractivity contribution is -0.151. The van der Waals surface area contributed by atoms with E-state index < -0.39 is 0 Å². The minimum absolute atomic E-state index is 0.0163. The molecule has 0 amide bonds. The molecule has 0 bridgehead atoms. The predicted molar refractivity (Wildman–Crippen MR) is 77.4 cm³/mol. The van der Waals surface area contributed by atoms with E-state index in [1.54, 1.807) is 0 Å². The van der Waals surface area contributed by atoms with E-state index in [1.807, 2.05) is 36.9 Å². The zero-order chi connectivity index (χ0) is 14.5. The number of hydrogen-bond acceptors (Lipinski definition) is 4. The van der Waals surface area contributed by atoms with Crippen LogP contribution in [0.1, 0.15) is 37.4 Å². The van der Waals surface area contributed by atoms with Gasteiger partial charge in [0.05, 0.1) is 19.3 Å². The highest BCUT2D eigenvalue weighted by Crippen LogP contribution is 2.30. The minimum Gasteiger partial charge on any atom is -0.465 e. The number of aliphatic hydroxyl groups excluding tert-OH is 1. The van der Waals surface area contributed by atoms with E-state index in [0.717, 1.165) is 24.9 Å². The molecule has 0 radical (unpaired) electrons. The summed E-state index contributed by atoms with van der Waals surface area (Å²) in [6, 6.07) is 7.67. The molecule has 1 heterocycles. The Balaban J connectivity index is 2.15. The highest BCUT2D eigenvalue weighted by molar-refractivity contribution is 5.75. The van der Waals surface area contributed by atoms with Crippen molar-refractivity contribution in [1.82, 2.24) is 4.90 Å². The second-order valence-electron chi connectivity index (χ2n) is 5.23. The molecule has 1 N–H and O–H groups in total. The monoisotopic (exact) mass is 277 g/mol. The van der Waals surface area contributed by atoms with Crippen LogP contribution in [0.5, 0.6) is 0 Å². The number of ether oxygens (including phenoxy) is 1. The molecular weight excluding hydrogens is 254 g/mol. The number of aliphatic hydroxyl groups is 1. The summed E-state index contributed by atoms with van der Waals surface area (Å²) in [6.07, 6.45) is 1.72. The van der Waals surface area contributed by atoms with Crippen LogP contribution in [0, 0.1) is 0 Å². The summed E-state index contributed by atoms with van der Waals surface area (Å²) in [5.41, 5.74) is 2.38. The van der Waals surface area contributed by atoms with Gasteiger partial charge in [-0.2, -0.15) is 0 Å². The first kappa shape index (κ1) is 15.0. The molecule has 0 aromatic heterocycles. The average molecular weight is 277 g/mol. The SMILES string of the molecule is CCCOC(=O)C(C)N1CCc2ccccc2C1CO. The van der Waals surface area contributed by atoms with E-state index >= 15 is 0 Å². The van der Waals surface area contributed by atoms with E-state index in [4.69, 9.17) is 4.74 Å². The van der Waals surface area contributed by atoms with Crippen LogP contribution in [-0.4, -0.2) is 41.8 Å². The standard InChI is InChI=1S/C16H23NO3/c1-3-10-20-16(19)12(2)17-9-8-13-6-4-5-7-14(13)15(17)11-18/h4-7,12,15,18H,3,8-11H2,1-2H3. The van der Waals surface area contributed by atoms with Crippen molar-refractivity contribution in [2.75, 3.05) is 19.8 Å². The Bertz CT molecular complexity index is 461. The lowest BCUT2D eigenvalue weighted by atomic mass is 9.92. The average Bonchev–Trinajstić information content (AvgIpc) is 2.50. The zero-order valence-corrected chi connectivity index (χ0v) is 12.2. The Labute approximate surface area is 120 Å². The van der Waals surface area contributed by atoms with Gasteiger partial charge in [0.25, 0.3) is 0 Å². The Morgan fingerprint density at radius 3 is 2.95 bits per heavy atom. The van der Waals surface area contributed by atoms with Crippen LogP contribution < -0.4 is 0 Å². The molecular formula is C16H23NO3. The third kappa shape index (κ3) is 3.02. The Kier molecular flexibility index (Phi) is 5.15. The van der Waals surface area contributed by atoms with Crippen LogP contribution in [0.3, 0.4) is 0 Å². The second kappa shape index (κ2) is 6.86. The molecule has 0 aliphatic carbocycles. The number of carbonyl (C=O) groups excluding carboxylic acids is 1. The summed E-state index contributed by atoms with van der Waals surface area (Å²) in [5, 5.41) is 9.72. The minimum atomic E-state index is -0.327. The van der Waals surface area contributed by atoms with Gasteiger partial charge in [0.15, 0.2) is 0 Å². The number of nitrogens with zero attached hydrogens (tertiary/aromatic N) is 1. The first-order valence-electron chi connectivity index (χ1n) is 7.30. The van der Waals surface area contributed by atoms with Crippen LogP contribution >= 0.6 is 0 Å². The van der Waals surface area contributed by atoms with Gasteiger partial charge in [-0.25, -0.2) is 0 Å². The van der Waals surface area contributed by atoms with Crippen molar-refractivity contribution in [2.24, 2.45) is 0 Å². The lowest BCUT2D eigenvalue weighted by Crippen LogP contribution is -2.47. The summed E-state index contributed by atoms with van der Waals surface area (Å²) in [4.78, 5) is 14.1. The summed E-state index contributed by atoms with van der Waals surface area (Å²) < 4.78 is 5.22. The van der Waals surface area contributed by atoms with Crippen LogP contribution in [-0.2, 0) is 16.0 Å². The molecule has 2 rings (SSSR count). The van der Waals surface area contributed by atoms with E-state index in [2.05, 4.69) is 6.07 Å². The van der Waals surface area contributed by atoms with E-state index in [9.17, 15) is 9.90 Å². The fourth-order valence-electron chi connectivity index (χ4n) is 2.80. The van der Waals surface area contributed by atoms with Gasteiger partial charge in [-0.15, -0.1) is 0 Å². The highest BCUT2D eigenvalue weighted by Gasteiger charge is 2.33. The van der Waals surface area contributed by atoms with Crippen molar-refractivity contribution >= 4 is 5.97 Å². The molecule has 1 aliphatic rings. The molecule has 0 saturated carbocycles. The first-order valence-corrected chi connectivity index (χ1v) is 7.30. The summed E-state index contributed by atoms with van der Waals surface area (Å²) in [7, 11) is 0. The number of benzene rings is 1. The topological polar surface area (TPSA) is 49.8 Å². The largest absolute Gasteiger partial charge is 0.465 e. The van der Waals surface area contributed by atoms with E-state index in [-0.39, 0.29) is 24.7 Å². The molecule has 4 nitrogen and oxygen atoms in total. The summed E-state index contributed by atoms with van der Waals surface area (Å²) >= 11 is 0. The number of carbonyl (C=O) groups is 1. The molecule has 0 fully saturated rings. The van der Waals surface area contributed by atoms with Crippen LogP contribution in [0.25, 0.3) is 0 Å². The molecule has 0 spiro atoms. The Hall–Kier alpha value is -1.39. The normalized spacial score (nSPS) is 20.2. The molecule has 4 heteroatoms. The van der Waals surface area contributed by atoms with Crippen molar-refractivity contribution in [1.29, 1.82) is 0 Å². The quantitative estimate of drug-likeness (QED) is 0.835. The van der Waals surface area contributed by atoms with Crippen LogP contribution in [0.4, 0.5) is 0 Å². The van der Waals surface area contributed by atoms with Gasteiger partial charge >= 0.3 is 5.97 Å². The number of rotatable bonds is 5. The molecule has 0 saturated heterocycles.